The molecule has 10 heteroatoms. The zero-order valence-corrected chi connectivity index (χ0v) is 17.1. The van der Waals surface area contributed by atoms with Gasteiger partial charge in [-0.25, -0.2) is 9.78 Å². The lowest BCUT2D eigenvalue weighted by Gasteiger charge is -2.26. The first kappa shape index (κ1) is 26.9. The van der Waals surface area contributed by atoms with E-state index < -0.39 is 30.1 Å². The summed E-state index contributed by atoms with van der Waals surface area (Å²) < 4.78 is 5.02. The number of esters is 1. The molecule has 1 amide bonds. The molecule has 1 heterocycles. The molecule has 0 saturated heterocycles. The third kappa shape index (κ3) is 9.38. The molecule has 0 aromatic carbocycles. The normalized spacial score (nSPS) is 14.0. The molecule has 0 spiro atoms. The van der Waals surface area contributed by atoms with Gasteiger partial charge in [-0.2, -0.15) is 0 Å². The van der Waals surface area contributed by atoms with E-state index in [-0.39, 0.29) is 43.3 Å². The number of amides is 1. The number of rotatable bonds is 9. The van der Waals surface area contributed by atoms with Crippen molar-refractivity contribution in [2.75, 3.05) is 0 Å². The summed E-state index contributed by atoms with van der Waals surface area (Å²) in [6.45, 7) is 7.26. The Hall–Kier alpha value is -1.35. The van der Waals surface area contributed by atoms with Crippen molar-refractivity contribution in [3.63, 3.8) is 0 Å². The van der Waals surface area contributed by atoms with Gasteiger partial charge < -0.3 is 25.9 Å². The Morgan fingerprint density at radius 2 is 1.92 bits per heavy atom. The van der Waals surface area contributed by atoms with Gasteiger partial charge in [-0.05, 0) is 26.2 Å². The number of H-pyrrole nitrogens is 1. The van der Waals surface area contributed by atoms with Crippen LogP contribution >= 0.6 is 24.8 Å². The Morgan fingerprint density at radius 1 is 1.31 bits per heavy atom. The minimum absolute atomic E-state index is 0. The summed E-state index contributed by atoms with van der Waals surface area (Å²) in [4.78, 5) is 30.9. The molecule has 0 saturated carbocycles. The standard InChI is InChI=1S/C16H28N4O4.2ClH/c1-9(2)5-13(14(21)16(23)24-10(3)4)20-15(22)12(17)6-11-7-18-8-19-11;;/h7-10,12-14,21H,5-6,17H2,1-4H3,(H,18,19)(H,20,22);2*1H/t12-,13-,14?;;/m0../s1. The Labute approximate surface area is 166 Å². The number of halogens is 2. The van der Waals surface area contributed by atoms with Crippen molar-refractivity contribution in [2.24, 2.45) is 11.7 Å². The number of nitrogens with one attached hydrogen (secondary N) is 2. The average Bonchev–Trinajstić information content (AvgIpc) is 2.97. The number of carbonyl (C=O) groups excluding carboxylic acids is 2. The summed E-state index contributed by atoms with van der Waals surface area (Å²) in [5, 5.41) is 12.9. The summed E-state index contributed by atoms with van der Waals surface area (Å²) in [5.74, 6) is -1.02. The van der Waals surface area contributed by atoms with E-state index in [1.165, 1.54) is 6.33 Å². The van der Waals surface area contributed by atoms with E-state index in [9.17, 15) is 14.7 Å². The van der Waals surface area contributed by atoms with E-state index >= 15 is 0 Å². The van der Waals surface area contributed by atoms with Gasteiger partial charge in [-0.1, -0.05) is 13.8 Å². The second-order valence-electron chi connectivity index (χ2n) is 6.56. The number of nitrogens with two attached hydrogens (primary N) is 1. The first-order valence-electron chi connectivity index (χ1n) is 8.12. The molecule has 3 atom stereocenters. The third-order valence-electron chi connectivity index (χ3n) is 3.36. The van der Waals surface area contributed by atoms with E-state index in [1.54, 1.807) is 20.0 Å². The van der Waals surface area contributed by atoms with Gasteiger partial charge in [-0.15, -0.1) is 24.8 Å². The third-order valence-corrected chi connectivity index (χ3v) is 3.36. The number of aromatic nitrogens is 2. The molecule has 1 rings (SSSR count). The van der Waals surface area contributed by atoms with Crippen molar-refractivity contribution in [3.05, 3.63) is 18.2 Å². The van der Waals surface area contributed by atoms with Crippen LogP contribution < -0.4 is 11.1 Å². The molecule has 0 aliphatic carbocycles. The number of ether oxygens (including phenoxy) is 1. The highest BCUT2D eigenvalue weighted by atomic mass is 35.5. The van der Waals surface area contributed by atoms with Crippen LogP contribution in [0, 0.1) is 5.92 Å². The van der Waals surface area contributed by atoms with Crippen LogP contribution in [0.5, 0.6) is 0 Å². The summed E-state index contributed by atoms with van der Waals surface area (Å²) in [6.07, 6.45) is 2.04. The quantitative estimate of drug-likeness (QED) is 0.446. The number of aliphatic hydroxyl groups is 1. The zero-order valence-electron chi connectivity index (χ0n) is 15.5. The maximum Gasteiger partial charge on any atom is 0.337 e. The smallest absolute Gasteiger partial charge is 0.337 e. The predicted octanol–water partition coefficient (Wildman–Crippen LogP) is 0.967. The van der Waals surface area contributed by atoms with Crippen LogP contribution in [0.2, 0.25) is 0 Å². The lowest BCUT2D eigenvalue weighted by molar-refractivity contribution is -0.159. The highest BCUT2D eigenvalue weighted by molar-refractivity contribution is 5.85. The number of aliphatic hydroxyl groups excluding tert-OH is 1. The topological polar surface area (TPSA) is 130 Å². The lowest BCUT2D eigenvalue weighted by atomic mass is 9.98. The number of imidazole rings is 1. The molecule has 8 nitrogen and oxygen atoms in total. The molecular weight excluding hydrogens is 383 g/mol. The van der Waals surface area contributed by atoms with E-state index in [1.807, 2.05) is 13.8 Å². The van der Waals surface area contributed by atoms with Crippen molar-refractivity contribution in [2.45, 2.75) is 64.8 Å². The van der Waals surface area contributed by atoms with E-state index in [0.29, 0.717) is 6.42 Å². The van der Waals surface area contributed by atoms with Crippen LogP contribution in [0.1, 0.15) is 39.8 Å². The van der Waals surface area contributed by atoms with E-state index in [4.69, 9.17) is 10.5 Å². The maximum absolute atomic E-state index is 12.3. The number of hydrogen-bond acceptors (Lipinski definition) is 6. The maximum atomic E-state index is 12.3. The molecule has 1 aromatic rings. The van der Waals surface area contributed by atoms with Gasteiger partial charge in [0.25, 0.3) is 0 Å². The molecule has 0 aliphatic heterocycles. The van der Waals surface area contributed by atoms with Crippen LogP contribution in [0.15, 0.2) is 12.5 Å². The van der Waals surface area contributed by atoms with Gasteiger partial charge in [0.15, 0.2) is 6.10 Å². The largest absolute Gasteiger partial charge is 0.461 e. The van der Waals surface area contributed by atoms with E-state index in [0.717, 1.165) is 5.69 Å². The van der Waals surface area contributed by atoms with Crippen molar-refractivity contribution in [1.29, 1.82) is 0 Å². The van der Waals surface area contributed by atoms with Crippen LogP contribution in [0.4, 0.5) is 0 Å². The lowest BCUT2D eigenvalue weighted by Crippen LogP contribution is -2.53. The summed E-state index contributed by atoms with van der Waals surface area (Å²) in [6, 6.07) is -1.56. The number of carbonyl (C=O) groups is 2. The first-order chi connectivity index (χ1) is 11.2. The van der Waals surface area contributed by atoms with Crippen LogP contribution in [-0.2, 0) is 20.7 Å². The van der Waals surface area contributed by atoms with Gasteiger partial charge in [0.05, 0.1) is 24.5 Å². The molecule has 0 radical (unpaired) electrons. The van der Waals surface area contributed by atoms with Crippen molar-refractivity contribution in [1.82, 2.24) is 15.3 Å². The van der Waals surface area contributed by atoms with Crippen LogP contribution in [-0.4, -0.2) is 51.2 Å². The highest BCUT2D eigenvalue weighted by Crippen LogP contribution is 2.11. The molecule has 1 aromatic heterocycles. The van der Waals surface area contributed by atoms with Gasteiger partial charge in [-0.3, -0.25) is 4.79 Å². The number of nitrogens with zero attached hydrogens (tertiary/aromatic N) is 1. The van der Waals surface area contributed by atoms with Crippen molar-refractivity contribution >= 4 is 36.7 Å². The molecular formula is C16H30Cl2N4O4. The van der Waals surface area contributed by atoms with E-state index in [2.05, 4.69) is 15.3 Å². The average molecular weight is 413 g/mol. The van der Waals surface area contributed by atoms with Crippen LogP contribution in [0.3, 0.4) is 0 Å². The Balaban J connectivity index is 0. The Bertz CT molecular complexity index is 526. The minimum Gasteiger partial charge on any atom is -0.461 e. The Kier molecular flexibility index (Phi) is 13.3. The van der Waals surface area contributed by atoms with Crippen molar-refractivity contribution < 1.29 is 19.4 Å². The van der Waals surface area contributed by atoms with Gasteiger partial charge >= 0.3 is 5.97 Å². The van der Waals surface area contributed by atoms with Gasteiger partial charge in [0.1, 0.15) is 0 Å². The zero-order chi connectivity index (χ0) is 18.3. The Morgan fingerprint density at radius 3 is 2.38 bits per heavy atom. The monoisotopic (exact) mass is 412 g/mol. The number of hydrogen-bond donors (Lipinski definition) is 4. The fourth-order valence-electron chi connectivity index (χ4n) is 2.26. The summed E-state index contributed by atoms with van der Waals surface area (Å²) in [7, 11) is 0. The molecule has 0 bridgehead atoms. The second-order valence-corrected chi connectivity index (χ2v) is 6.56. The van der Waals surface area contributed by atoms with Crippen molar-refractivity contribution in [3.8, 4) is 0 Å². The predicted molar refractivity (Wildman–Crippen MR) is 103 cm³/mol. The second kappa shape index (κ2) is 12.9. The fourth-order valence-corrected chi connectivity index (χ4v) is 2.26. The minimum atomic E-state index is -1.43. The SMILES string of the molecule is CC(C)C[C@H](NC(=O)[C@@H](N)Cc1cnc[nH]1)C(O)C(=O)OC(C)C.Cl.Cl. The van der Waals surface area contributed by atoms with Gasteiger partial charge in [0, 0.05) is 18.3 Å². The number of aromatic amines is 1. The first-order valence-corrected chi connectivity index (χ1v) is 8.12. The summed E-state index contributed by atoms with van der Waals surface area (Å²) in [5.41, 5.74) is 6.62. The van der Waals surface area contributed by atoms with Crippen LogP contribution in [0.25, 0.3) is 0 Å². The molecule has 5 N–H and O–H groups in total. The molecule has 26 heavy (non-hydrogen) atoms. The highest BCUT2D eigenvalue weighted by Gasteiger charge is 2.31. The summed E-state index contributed by atoms with van der Waals surface area (Å²) >= 11 is 0. The fraction of sp³-hybridized carbons (Fsp3) is 0.688. The molecule has 152 valence electrons. The van der Waals surface area contributed by atoms with Gasteiger partial charge in [0.2, 0.25) is 5.91 Å². The molecule has 0 aliphatic rings. The molecule has 0 fully saturated rings. The molecule has 1 unspecified atom stereocenters.